The van der Waals surface area contributed by atoms with E-state index in [0.717, 1.165) is 10.6 Å². The van der Waals surface area contributed by atoms with E-state index in [0.29, 0.717) is 36.9 Å². The Kier molecular flexibility index (Phi) is 6.01. The predicted octanol–water partition coefficient (Wildman–Crippen LogP) is 4.76. The fourth-order valence-electron chi connectivity index (χ4n) is 3.38. The van der Waals surface area contributed by atoms with Crippen LogP contribution in [0.25, 0.3) is 0 Å². The van der Waals surface area contributed by atoms with E-state index < -0.39 is 11.7 Å². The summed E-state index contributed by atoms with van der Waals surface area (Å²) in [6.45, 7) is 2.58. The van der Waals surface area contributed by atoms with Gasteiger partial charge < -0.3 is 15.1 Å². The Hall–Kier alpha value is -2.90. The van der Waals surface area contributed by atoms with Gasteiger partial charge in [-0.05, 0) is 47.8 Å². The van der Waals surface area contributed by atoms with Gasteiger partial charge in [-0.25, -0.2) is 4.39 Å². The Morgan fingerprint density at radius 2 is 1.80 bits per heavy atom. The third kappa shape index (κ3) is 4.47. The van der Waals surface area contributed by atoms with Gasteiger partial charge in [0.1, 0.15) is 5.82 Å². The largest absolute Gasteiger partial charge is 0.367 e. The van der Waals surface area contributed by atoms with E-state index in [1.807, 2.05) is 28.5 Å². The van der Waals surface area contributed by atoms with Gasteiger partial charge in [0.05, 0.1) is 15.6 Å². The van der Waals surface area contributed by atoms with E-state index in [1.54, 1.807) is 18.2 Å². The highest BCUT2D eigenvalue weighted by Crippen LogP contribution is 2.30. The van der Waals surface area contributed by atoms with Gasteiger partial charge in [0, 0.05) is 37.4 Å². The molecule has 1 aliphatic rings. The van der Waals surface area contributed by atoms with Gasteiger partial charge in [0.25, 0.3) is 11.8 Å². The SMILES string of the molecule is O=C(Nc1ccc(N2CCN(C(=O)c3cccs3)CC2)c(Cl)c1)c1cccc(F)c1. The molecule has 2 amide bonds. The van der Waals surface area contributed by atoms with E-state index >= 15 is 0 Å². The van der Waals surface area contributed by atoms with Gasteiger partial charge >= 0.3 is 0 Å². The molecule has 1 aromatic heterocycles. The number of nitrogens with one attached hydrogen (secondary N) is 1. The first-order chi connectivity index (χ1) is 14.5. The lowest BCUT2D eigenvalue weighted by atomic mass is 10.2. The zero-order chi connectivity index (χ0) is 21.1. The van der Waals surface area contributed by atoms with Crippen molar-refractivity contribution in [3.05, 3.63) is 81.3 Å². The van der Waals surface area contributed by atoms with Crippen LogP contribution in [0.5, 0.6) is 0 Å². The molecule has 0 aliphatic carbocycles. The summed E-state index contributed by atoms with van der Waals surface area (Å²) in [7, 11) is 0. The molecule has 1 N–H and O–H groups in total. The average Bonchev–Trinajstić information content (AvgIpc) is 3.28. The number of carbonyl (C=O) groups excluding carboxylic acids is 2. The Morgan fingerprint density at radius 3 is 2.47 bits per heavy atom. The molecule has 1 aliphatic heterocycles. The van der Waals surface area contributed by atoms with Gasteiger partial charge in [-0.15, -0.1) is 11.3 Å². The van der Waals surface area contributed by atoms with Crippen molar-refractivity contribution >= 4 is 46.1 Å². The van der Waals surface area contributed by atoms with Crippen LogP contribution in [0.3, 0.4) is 0 Å². The maximum Gasteiger partial charge on any atom is 0.264 e. The molecule has 1 fully saturated rings. The van der Waals surface area contributed by atoms with Gasteiger partial charge in [0.2, 0.25) is 0 Å². The number of rotatable bonds is 4. The zero-order valence-corrected chi connectivity index (χ0v) is 17.5. The molecule has 0 atom stereocenters. The molecule has 8 heteroatoms. The van der Waals surface area contributed by atoms with Gasteiger partial charge in [-0.2, -0.15) is 0 Å². The topological polar surface area (TPSA) is 52.7 Å². The van der Waals surface area contributed by atoms with Crippen molar-refractivity contribution in [1.29, 1.82) is 0 Å². The second-order valence-electron chi connectivity index (χ2n) is 6.89. The summed E-state index contributed by atoms with van der Waals surface area (Å²) in [6.07, 6.45) is 0. The highest BCUT2D eigenvalue weighted by atomic mass is 35.5. The maximum absolute atomic E-state index is 13.3. The fourth-order valence-corrected chi connectivity index (χ4v) is 4.37. The molecule has 4 rings (SSSR count). The lowest BCUT2D eigenvalue weighted by Gasteiger charge is -2.36. The van der Waals surface area contributed by atoms with Crippen LogP contribution < -0.4 is 10.2 Å². The standard InChI is InChI=1S/C22H19ClFN3O2S/c23-18-14-17(25-21(28)15-3-1-4-16(24)13-15)6-7-19(18)26-8-10-27(11-9-26)22(29)20-5-2-12-30-20/h1-7,12-14H,8-11H2,(H,25,28). The zero-order valence-electron chi connectivity index (χ0n) is 16.0. The summed E-state index contributed by atoms with van der Waals surface area (Å²) in [6, 6.07) is 14.5. The Labute approximate surface area is 182 Å². The number of thiophene rings is 1. The summed E-state index contributed by atoms with van der Waals surface area (Å²) < 4.78 is 13.3. The number of nitrogens with zero attached hydrogens (tertiary/aromatic N) is 2. The number of anilines is 2. The summed E-state index contributed by atoms with van der Waals surface area (Å²) in [5.74, 6) is -0.807. The van der Waals surface area contributed by atoms with Crippen molar-refractivity contribution in [3.8, 4) is 0 Å². The second-order valence-corrected chi connectivity index (χ2v) is 8.24. The van der Waals surface area contributed by atoms with Crippen LogP contribution in [0.15, 0.2) is 60.0 Å². The molecule has 0 saturated carbocycles. The minimum Gasteiger partial charge on any atom is -0.367 e. The lowest BCUT2D eigenvalue weighted by molar-refractivity contribution is 0.0751. The van der Waals surface area contributed by atoms with E-state index in [1.165, 1.54) is 29.5 Å². The summed E-state index contributed by atoms with van der Waals surface area (Å²) in [4.78, 5) is 29.5. The van der Waals surface area contributed by atoms with E-state index in [-0.39, 0.29) is 11.5 Å². The second kappa shape index (κ2) is 8.85. The molecular weight excluding hydrogens is 425 g/mol. The first-order valence-electron chi connectivity index (χ1n) is 9.45. The quantitative estimate of drug-likeness (QED) is 0.632. The molecule has 2 heterocycles. The van der Waals surface area contributed by atoms with Crippen molar-refractivity contribution < 1.29 is 14.0 Å². The minimum absolute atomic E-state index is 0.0613. The Bertz CT molecular complexity index is 1070. The van der Waals surface area contributed by atoms with E-state index in [4.69, 9.17) is 11.6 Å². The van der Waals surface area contributed by atoms with Gasteiger partial charge in [-0.1, -0.05) is 23.7 Å². The molecule has 2 aromatic carbocycles. The van der Waals surface area contributed by atoms with Gasteiger partial charge in [-0.3, -0.25) is 9.59 Å². The molecule has 0 unspecified atom stereocenters. The van der Waals surface area contributed by atoms with Crippen LogP contribution in [0.2, 0.25) is 5.02 Å². The average molecular weight is 444 g/mol. The van der Waals surface area contributed by atoms with Gasteiger partial charge in [0.15, 0.2) is 0 Å². The van der Waals surface area contributed by atoms with Crippen molar-refractivity contribution in [2.24, 2.45) is 0 Å². The smallest absolute Gasteiger partial charge is 0.264 e. The van der Waals surface area contributed by atoms with Crippen LogP contribution in [0, 0.1) is 5.82 Å². The number of halogens is 2. The number of hydrogen-bond donors (Lipinski definition) is 1. The van der Waals surface area contributed by atoms with E-state index in [2.05, 4.69) is 10.2 Å². The molecular formula is C22H19ClFN3O2S. The number of carbonyl (C=O) groups is 2. The monoisotopic (exact) mass is 443 g/mol. The first kappa shape index (κ1) is 20.4. The van der Waals surface area contributed by atoms with Crippen LogP contribution in [0.1, 0.15) is 20.0 Å². The summed E-state index contributed by atoms with van der Waals surface area (Å²) >= 11 is 7.91. The molecule has 30 heavy (non-hydrogen) atoms. The highest BCUT2D eigenvalue weighted by molar-refractivity contribution is 7.12. The molecule has 154 valence electrons. The lowest BCUT2D eigenvalue weighted by Crippen LogP contribution is -2.48. The number of piperazine rings is 1. The Balaban J connectivity index is 1.39. The number of amides is 2. The number of benzene rings is 2. The van der Waals surface area contributed by atoms with Crippen molar-refractivity contribution in [1.82, 2.24) is 4.90 Å². The first-order valence-corrected chi connectivity index (χ1v) is 10.7. The Morgan fingerprint density at radius 1 is 1.00 bits per heavy atom. The van der Waals surface area contributed by atoms with Crippen LogP contribution in [-0.2, 0) is 0 Å². The highest BCUT2D eigenvalue weighted by Gasteiger charge is 2.24. The molecule has 0 radical (unpaired) electrons. The van der Waals surface area contributed by atoms with Crippen molar-refractivity contribution in [3.63, 3.8) is 0 Å². The fraction of sp³-hybridized carbons (Fsp3) is 0.182. The van der Waals surface area contributed by atoms with Crippen LogP contribution in [0.4, 0.5) is 15.8 Å². The summed E-state index contributed by atoms with van der Waals surface area (Å²) in [5.41, 5.74) is 1.62. The third-order valence-electron chi connectivity index (χ3n) is 4.93. The minimum atomic E-state index is -0.465. The summed E-state index contributed by atoms with van der Waals surface area (Å²) in [5, 5.41) is 5.14. The number of hydrogen-bond acceptors (Lipinski definition) is 4. The molecule has 0 bridgehead atoms. The van der Waals surface area contributed by atoms with Crippen LogP contribution in [-0.4, -0.2) is 42.9 Å². The normalized spacial score (nSPS) is 13.9. The molecule has 0 spiro atoms. The predicted molar refractivity (Wildman–Crippen MR) is 118 cm³/mol. The maximum atomic E-state index is 13.3. The third-order valence-corrected chi connectivity index (χ3v) is 6.09. The molecule has 1 saturated heterocycles. The van der Waals surface area contributed by atoms with Crippen molar-refractivity contribution in [2.75, 3.05) is 36.4 Å². The van der Waals surface area contributed by atoms with E-state index in [9.17, 15) is 14.0 Å². The molecule has 5 nitrogen and oxygen atoms in total. The van der Waals surface area contributed by atoms with Crippen molar-refractivity contribution in [2.45, 2.75) is 0 Å². The molecule has 3 aromatic rings. The van der Waals surface area contributed by atoms with Crippen LogP contribution >= 0.6 is 22.9 Å².